The Morgan fingerprint density at radius 1 is 1.19 bits per heavy atom. The highest BCUT2D eigenvalue weighted by Crippen LogP contribution is 2.10. The van der Waals surface area contributed by atoms with Gasteiger partial charge in [-0.25, -0.2) is 9.67 Å². The van der Waals surface area contributed by atoms with Gasteiger partial charge in [-0.1, -0.05) is 24.3 Å². The van der Waals surface area contributed by atoms with Crippen LogP contribution in [0, 0.1) is 0 Å². The number of guanidine groups is 1. The number of para-hydroxylation sites is 1. The molecule has 26 heavy (non-hydrogen) atoms. The summed E-state index contributed by atoms with van der Waals surface area (Å²) in [6.07, 6.45) is 3.01. The highest BCUT2D eigenvalue weighted by atomic mass is 32.1. The number of hydrogen-bond donors (Lipinski definition) is 1. The van der Waals surface area contributed by atoms with Crippen LogP contribution in [0.2, 0.25) is 0 Å². The van der Waals surface area contributed by atoms with Crippen LogP contribution in [0.25, 0.3) is 5.69 Å². The van der Waals surface area contributed by atoms with Crippen LogP contribution in [-0.2, 0) is 13.0 Å². The Labute approximate surface area is 159 Å². The topological polar surface area (TPSA) is 45.5 Å². The molecule has 0 saturated heterocycles. The van der Waals surface area contributed by atoms with E-state index in [0.717, 1.165) is 36.9 Å². The molecule has 6 heteroatoms. The Morgan fingerprint density at radius 2 is 2.04 bits per heavy atom. The molecule has 0 bridgehead atoms. The average molecular weight is 368 g/mol. The maximum atomic E-state index is 4.75. The van der Waals surface area contributed by atoms with Gasteiger partial charge in [0.05, 0.1) is 17.9 Å². The maximum Gasteiger partial charge on any atom is 0.194 e. The van der Waals surface area contributed by atoms with Crippen LogP contribution in [0.15, 0.2) is 65.1 Å². The van der Waals surface area contributed by atoms with Gasteiger partial charge in [-0.2, -0.15) is 5.10 Å². The van der Waals surface area contributed by atoms with Crippen molar-refractivity contribution in [3.05, 3.63) is 70.7 Å². The summed E-state index contributed by atoms with van der Waals surface area (Å²) in [6.45, 7) is 4.43. The largest absolute Gasteiger partial charge is 0.357 e. The third kappa shape index (κ3) is 4.95. The number of benzene rings is 1. The van der Waals surface area contributed by atoms with Crippen molar-refractivity contribution in [1.29, 1.82) is 0 Å². The SMILES string of the molecule is CCNC(=NCc1ccn(-c2ccccc2)n1)N(C)CCc1cccs1. The highest BCUT2D eigenvalue weighted by Gasteiger charge is 2.07. The smallest absolute Gasteiger partial charge is 0.194 e. The molecule has 0 atom stereocenters. The second-order valence-electron chi connectivity index (χ2n) is 6.01. The van der Waals surface area contributed by atoms with Crippen LogP contribution >= 0.6 is 11.3 Å². The van der Waals surface area contributed by atoms with Gasteiger partial charge in [-0.15, -0.1) is 11.3 Å². The van der Waals surface area contributed by atoms with E-state index in [1.807, 2.05) is 47.3 Å². The fourth-order valence-corrected chi connectivity index (χ4v) is 3.33. The first-order valence-corrected chi connectivity index (χ1v) is 9.76. The summed E-state index contributed by atoms with van der Waals surface area (Å²) in [6, 6.07) is 16.4. The summed E-state index contributed by atoms with van der Waals surface area (Å²) in [4.78, 5) is 8.33. The molecule has 0 saturated carbocycles. The molecule has 3 rings (SSSR count). The summed E-state index contributed by atoms with van der Waals surface area (Å²) >= 11 is 1.80. The monoisotopic (exact) mass is 367 g/mol. The zero-order chi connectivity index (χ0) is 18.2. The quantitative estimate of drug-likeness (QED) is 0.513. The molecule has 0 spiro atoms. The normalized spacial score (nSPS) is 11.5. The molecule has 0 aliphatic rings. The van der Waals surface area contributed by atoms with Crippen molar-refractivity contribution in [3.63, 3.8) is 0 Å². The predicted molar refractivity (Wildman–Crippen MR) is 109 cm³/mol. The zero-order valence-electron chi connectivity index (χ0n) is 15.3. The van der Waals surface area contributed by atoms with Gasteiger partial charge in [0.25, 0.3) is 0 Å². The third-order valence-electron chi connectivity index (χ3n) is 4.03. The van der Waals surface area contributed by atoms with Crippen LogP contribution in [0.5, 0.6) is 0 Å². The second kappa shape index (κ2) is 9.20. The minimum Gasteiger partial charge on any atom is -0.357 e. The first-order chi connectivity index (χ1) is 12.8. The standard InChI is InChI=1S/C20H25N5S/c1-3-21-20(24(2)13-12-19-10-7-15-26-19)22-16-17-11-14-25(23-17)18-8-5-4-6-9-18/h4-11,14-15H,3,12-13,16H2,1-2H3,(H,21,22). The van der Waals surface area contributed by atoms with Gasteiger partial charge in [0.2, 0.25) is 0 Å². The Morgan fingerprint density at radius 3 is 2.77 bits per heavy atom. The van der Waals surface area contributed by atoms with Gasteiger partial charge in [0.15, 0.2) is 5.96 Å². The Bertz CT molecular complexity index is 808. The Kier molecular flexibility index (Phi) is 6.44. The lowest BCUT2D eigenvalue weighted by Crippen LogP contribution is -2.39. The van der Waals surface area contributed by atoms with Gasteiger partial charge in [-0.05, 0) is 43.0 Å². The lowest BCUT2D eigenvalue weighted by Gasteiger charge is -2.21. The number of thiophene rings is 1. The number of rotatable bonds is 7. The van der Waals surface area contributed by atoms with E-state index in [1.54, 1.807) is 11.3 Å². The van der Waals surface area contributed by atoms with Crippen LogP contribution in [0.1, 0.15) is 17.5 Å². The number of likely N-dealkylation sites (N-methyl/N-ethyl adjacent to an activating group) is 1. The van der Waals surface area contributed by atoms with Crippen LogP contribution in [-0.4, -0.2) is 40.8 Å². The van der Waals surface area contributed by atoms with Gasteiger partial charge >= 0.3 is 0 Å². The van der Waals surface area contributed by atoms with Crippen molar-refractivity contribution >= 4 is 17.3 Å². The summed E-state index contributed by atoms with van der Waals surface area (Å²) < 4.78 is 1.89. The summed E-state index contributed by atoms with van der Waals surface area (Å²) in [7, 11) is 2.08. The third-order valence-corrected chi connectivity index (χ3v) is 4.96. The van der Waals surface area contributed by atoms with Gasteiger partial charge in [0, 0.05) is 31.2 Å². The predicted octanol–water partition coefficient (Wildman–Crippen LogP) is 3.57. The van der Waals surface area contributed by atoms with E-state index in [1.165, 1.54) is 4.88 Å². The van der Waals surface area contributed by atoms with Gasteiger partial charge in [-0.3, -0.25) is 0 Å². The van der Waals surface area contributed by atoms with Crippen molar-refractivity contribution in [2.24, 2.45) is 4.99 Å². The van der Waals surface area contributed by atoms with Crippen molar-refractivity contribution in [3.8, 4) is 5.69 Å². The van der Waals surface area contributed by atoms with Crippen molar-refractivity contribution in [2.45, 2.75) is 19.9 Å². The molecular formula is C20H25N5S. The molecule has 1 N–H and O–H groups in total. The maximum absolute atomic E-state index is 4.75. The fourth-order valence-electron chi connectivity index (χ4n) is 2.63. The number of hydrogen-bond acceptors (Lipinski definition) is 3. The molecule has 0 amide bonds. The highest BCUT2D eigenvalue weighted by molar-refractivity contribution is 7.09. The zero-order valence-corrected chi connectivity index (χ0v) is 16.1. The molecule has 1 aromatic carbocycles. The van der Waals surface area contributed by atoms with E-state index in [2.05, 4.69) is 46.8 Å². The molecule has 2 aromatic heterocycles. The van der Waals surface area contributed by atoms with E-state index in [0.29, 0.717) is 6.54 Å². The van der Waals surface area contributed by atoms with Crippen LogP contribution in [0.3, 0.4) is 0 Å². The van der Waals surface area contributed by atoms with Gasteiger partial charge in [0.1, 0.15) is 0 Å². The Hall–Kier alpha value is -2.60. The molecule has 0 radical (unpaired) electrons. The van der Waals surface area contributed by atoms with E-state index in [9.17, 15) is 0 Å². The van der Waals surface area contributed by atoms with E-state index >= 15 is 0 Å². The second-order valence-corrected chi connectivity index (χ2v) is 7.04. The van der Waals surface area contributed by atoms with Crippen LogP contribution < -0.4 is 5.32 Å². The van der Waals surface area contributed by atoms with E-state index in [4.69, 9.17) is 4.99 Å². The molecule has 136 valence electrons. The first-order valence-electron chi connectivity index (χ1n) is 8.88. The molecule has 2 heterocycles. The molecule has 0 fully saturated rings. The van der Waals surface area contributed by atoms with E-state index < -0.39 is 0 Å². The average Bonchev–Trinajstić information content (AvgIpc) is 3.36. The first kappa shape index (κ1) is 18.2. The number of nitrogens with one attached hydrogen (secondary N) is 1. The fraction of sp³-hybridized carbons (Fsp3) is 0.300. The van der Waals surface area contributed by atoms with Crippen molar-refractivity contribution in [1.82, 2.24) is 20.0 Å². The van der Waals surface area contributed by atoms with E-state index in [-0.39, 0.29) is 0 Å². The Balaban J connectivity index is 1.62. The molecule has 0 unspecified atom stereocenters. The summed E-state index contributed by atoms with van der Waals surface area (Å²) in [5, 5.41) is 10.1. The minimum atomic E-state index is 0.561. The van der Waals surface area contributed by atoms with Crippen molar-refractivity contribution < 1.29 is 0 Å². The summed E-state index contributed by atoms with van der Waals surface area (Å²) in [5.74, 6) is 0.915. The lowest BCUT2D eigenvalue weighted by atomic mass is 10.3. The number of aliphatic imine (C=N–C) groups is 1. The van der Waals surface area contributed by atoms with Gasteiger partial charge < -0.3 is 10.2 Å². The molecule has 0 aliphatic carbocycles. The molecule has 0 aliphatic heterocycles. The number of aromatic nitrogens is 2. The number of nitrogens with zero attached hydrogens (tertiary/aromatic N) is 4. The molecular weight excluding hydrogens is 342 g/mol. The molecule has 5 nitrogen and oxygen atoms in total. The lowest BCUT2D eigenvalue weighted by molar-refractivity contribution is 0.486. The minimum absolute atomic E-state index is 0.561. The molecule has 3 aromatic rings. The van der Waals surface area contributed by atoms with Crippen molar-refractivity contribution in [2.75, 3.05) is 20.1 Å². The van der Waals surface area contributed by atoms with Crippen LogP contribution in [0.4, 0.5) is 0 Å². The summed E-state index contributed by atoms with van der Waals surface area (Å²) in [5.41, 5.74) is 2.01.